The van der Waals surface area contributed by atoms with E-state index in [9.17, 15) is 9.18 Å². The first-order valence-corrected chi connectivity index (χ1v) is 7.57. The summed E-state index contributed by atoms with van der Waals surface area (Å²) in [6, 6.07) is 5.58. The van der Waals surface area contributed by atoms with Crippen LogP contribution in [0.2, 0.25) is 0 Å². The fraction of sp³-hybridized carbons (Fsp3) is 0.438. The van der Waals surface area contributed by atoms with Gasteiger partial charge in [0.2, 0.25) is 5.89 Å². The van der Waals surface area contributed by atoms with E-state index in [1.165, 1.54) is 17.0 Å². The zero-order chi connectivity index (χ0) is 17.5. The van der Waals surface area contributed by atoms with E-state index in [-0.39, 0.29) is 24.4 Å². The van der Waals surface area contributed by atoms with Crippen molar-refractivity contribution in [2.24, 2.45) is 0 Å². The smallest absolute Gasteiger partial charge is 0.318 e. The summed E-state index contributed by atoms with van der Waals surface area (Å²) < 4.78 is 23.0. The third-order valence-corrected chi connectivity index (χ3v) is 3.68. The zero-order valence-corrected chi connectivity index (χ0v) is 14.0. The normalized spacial score (nSPS) is 12.0. The molecule has 1 aromatic heterocycles. The molecule has 0 unspecified atom stereocenters. The molecule has 130 valence electrons. The Morgan fingerprint density at radius 3 is 2.79 bits per heavy atom. The minimum atomic E-state index is -0.306. The highest BCUT2D eigenvalue weighted by molar-refractivity contribution is 5.74. The molecule has 2 aromatic rings. The van der Waals surface area contributed by atoms with Crippen molar-refractivity contribution in [2.45, 2.75) is 25.9 Å². The number of ether oxygens (including phenoxy) is 1. The average molecular weight is 336 g/mol. The summed E-state index contributed by atoms with van der Waals surface area (Å²) in [5, 5.41) is 6.52. The Balaban J connectivity index is 1.87. The molecular weight excluding hydrogens is 315 g/mol. The molecule has 0 spiro atoms. The Labute approximate surface area is 139 Å². The van der Waals surface area contributed by atoms with Gasteiger partial charge in [-0.05, 0) is 24.6 Å². The van der Waals surface area contributed by atoms with Crippen LogP contribution in [0, 0.1) is 5.82 Å². The highest BCUT2D eigenvalue weighted by atomic mass is 19.1. The van der Waals surface area contributed by atoms with E-state index < -0.39 is 0 Å². The van der Waals surface area contributed by atoms with Gasteiger partial charge in [-0.3, -0.25) is 0 Å². The fourth-order valence-corrected chi connectivity index (χ4v) is 2.07. The lowest BCUT2D eigenvalue weighted by Crippen LogP contribution is -2.38. The first kappa shape index (κ1) is 17.9. The van der Waals surface area contributed by atoms with Crippen LogP contribution in [0.3, 0.4) is 0 Å². The molecular formula is C16H21FN4O3. The van der Waals surface area contributed by atoms with Gasteiger partial charge in [-0.2, -0.15) is 4.98 Å². The lowest BCUT2D eigenvalue weighted by molar-refractivity contribution is 0.192. The van der Waals surface area contributed by atoms with Gasteiger partial charge in [-0.15, -0.1) is 0 Å². The number of halogens is 1. The number of nitrogens with zero attached hydrogens (tertiary/aromatic N) is 3. The molecule has 2 amide bonds. The van der Waals surface area contributed by atoms with E-state index in [1.54, 1.807) is 26.3 Å². The van der Waals surface area contributed by atoms with Crippen molar-refractivity contribution in [2.75, 3.05) is 20.8 Å². The molecule has 0 saturated carbocycles. The molecule has 1 atom stereocenters. The summed E-state index contributed by atoms with van der Waals surface area (Å²) in [7, 11) is 3.26. The molecule has 1 N–H and O–H groups in total. The van der Waals surface area contributed by atoms with Gasteiger partial charge in [0.25, 0.3) is 0 Å². The average Bonchev–Trinajstić information content (AvgIpc) is 3.05. The summed E-state index contributed by atoms with van der Waals surface area (Å²) in [5.41, 5.74) is 0.843. The second kappa shape index (κ2) is 8.39. The van der Waals surface area contributed by atoms with Crippen LogP contribution in [0.25, 0.3) is 0 Å². The Morgan fingerprint density at radius 1 is 1.42 bits per heavy atom. The third-order valence-electron chi connectivity index (χ3n) is 3.68. The second-order valence-corrected chi connectivity index (χ2v) is 5.34. The van der Waals surface area contributed by atoms with Crippen LogP contribution < -0.4 is 5.32 Å². The molecule has 0 aliphatic carbocycles. The van der Waals surface area contributed by atoms with Gasteiger partial charge < -0.3 is 19.5 Å². The predicted octanol–water partition coefficient (Wildman–Crippen LogP) is 2.30. The SMILES string of the molecule is COCCc1nc(CNC(=O)N(C)[C@H](C)c2ccc(F)cc2)no1. The van der Waals surface area contributed by atoms with Crippen molar-refractivity contribution in [3.63, 3.8) is 0 Å². The van der Waals surface area contributed by atoms with Crippen molar-refractivity contribution >= 4 is 6.03 Å². The van der Waals surface area contributed by atoms with Gasteiger partial charge in [-0.1, -0.05) is 17.3 Å². The number of methoxy groups -OCH3 is 1. The Hall–Kier alpha value is -2.48. The van der Waals surface area contributed by atoms with Crippen LogP contribution >= 0.6 is 0 Å². The standard InChI is InChI=1S/C16H21FN4O3/c1-11(12-4-6-13(17)7-5-12)21(2)16(22)18-10-14-19-15(24-20-14)8-9-23-3/h4-7,11H,8-10H2,1-3H3,(H,18,22)/t11-/m1/s1. The maximum atomic E-state index is 13.0. The highest BCUT2D eigenvalue weighted by Crippen LogP contribution is 2.18. The highest BCUT2D eigenvalue weighted by Gasteiger charge is 2.18. The van der Waals surface area contributed by atoms with E-state index in [0.717, 1.165) is 5.56 Å². The van der Waals surface area contributed by atoms with Gasteiger partial charge >= 0.3 is 6.03 Å². The molecule has 0 saturated heterocycles. The Morgan fingerprint density at radius 2 is 2.12 bits per heavy atom. The molecule has 0 aliphatic heterocycles. The number of amides is 2. The molecule has 2 rings (SSSR count). The number of urea groups is 1. The lowest BCUT2D eigenvalue weighted by atomic mass is 10.1. The summed E-state index contributed by atoms with van der Waals surface area (Å²) in [4.78, 5) is 17.9. The molecule has 24 heavy (non-hydrogen) atoms. The largest absolute Gasteiger partial charge is 0.384 e. The van der Waals surface area contributed by atoms with Crippen LogP contribution in [-0.2, 0) is 17.7 Å². The summed E-state index contributed by atoms with van der Waals surface area (Å²) in [5.74, 6) is 0.561. The van der Waals surface area contributed by atoms with Crippen molar-refractivity contribution in [1.29, 1.82) is 0 Å². The van der Waals surface area contributed by atoms with Crippen LogP contribution in [0.4, 0.5) is 9.18 Å². The maximum Gasteiger partial charge on any atom is 0.318 e. The number of rotatable bonds is 7. The van der Waals surface area contributed by atoms with Gasteiger partial charge in [-0.25, -0.2) is 9.18 Å². The third kappa shape index (κ3) is 4.76. The van der Waals surface area contributed by atoms with Crippen molar-refractivity contribution < 1.29 is 18.4 Å². The number of nitrogens with one attached hydrogen (secondary N) is 1. The van der Waals surface area contributed by atoms with E-state index in [2.05, 4.69) is 15.5 Å². The number of hydrogen-bond donors (Lipinski definition) is 1. The summed E-state index contributed by atoms with van der Waals surface area (Å²) in [6.45, 7) is 2.52. The lowest BCUT2D eigenvalue weighted by Gasteiger charge is -2.25. The molecule has 0 radical (unpaired) electrons. The quantitative estimate of drug-likeness (QED) is 0.839. The molecule has 1 heterocycles. The van der Waals surface area contributed by atoms with Gasteiger partial charge in [0, 0.05) is 14.2 Å². The minimum Gasteiger partial charge on any atom is -0.384 e. The zero-order valence-electron chi connectivity index (χ0n) is 14.0. The van der Waals surface area contributed by atoms with Crippen LogP contribution in [0.1, 0.15) is 30.2 Å². The van der Waals surface area contributed by atoms with E-state index in [0.29, 0.717) is 24.7 Å². The van der Waals surface area contributed by atoms with E-state index in [4.69, 9.17) is 9.26 Å². The van der Waals surface area contributed by atoms with Crippen LogP contribution in [0.15, 0.2) is 28.8 Å². The number of benzene rings is 1. The first-order valence-electron chi connectivity index (χ1n) is 7.57. The van der Waals surface area contributed by atoms with Crippen LogP contribution in [-0.4, -0.2) is 41.8 Å². The summed E-state index contributed by atoms with van der Waals surface area (Å²) in [6.07, 6.45) is 0.527. The first-order chi connectivity index (χ1) is 11.5. The molecule has 8 heteroatoms. The molecule has 0 fully saturated rings. The monoisotopic (exact) mass is 336 g/mol. The fourth-order valence-electron chi connectivity index (χ4n) is 2.07. The number of carbonyl (C=O) groups is 1. The van der Waals surface area contributed by atoms with Crippen molar-refractivity contribution in [3.8, 4) is 0 Å². The topological polar surface area (TPSA) is 80.5 Å². The molecule has 1 aromatic carbocycles. The molecule has 7 nitrogen and oxygen atoms in total. The van der Waals surface area contributed by atoms with E-state index in [1.807, 2.05) is 6.92 Å². The number of hydrogen-bond acceptors (Lipinski definition) is 5. The summed E-state index contributed by atoms with van der Waals surface area (Å²) >= 11 is 0. The van der Waals surface area contributed by atoms with Crippen LogP contribution in [0.5, 0.6) is 0 Å². The number of aromatic nitrogens is 2. The van der Waals surface area contributed by atoms with Gasteiger partial charge in [0.15, 0.2) is 5.82 Å². The van der Waals surface area contributed by atoms with Crippen molar-refractivity contribution in [1.82, 2.24) is 20.4 Å². The second-order valence-electron chi connectivity index (χ2n) is 5.34. The van der Waals surface area contributed by atoms with Gasteiger partial charge in [0.05, 0.1) is 25.6 Å². The predicted molar refractivity (Wildman–Crippen MR) is 84.7 cm³/mol. The van der Waals surface area contributed by atoms with Crippen molar-refractivity contribution in [3.05, 3.63) is 47.4 Å². The minimum absolute atomic E-state index is 0.162. The van der Waals surface area contributed by atoms with Gasteiger partial charge in [0.1, 0.15) is 5.82 Å². The Bertz CT molecular complexity index is 660. The molecule has 0 bridgehead atoms. The Kier molecular flexibility index (Phi) is 6.25. The van der Waals surface area contributed by atoms with E-state index >= 15 is 0 Å². The maximum absolute atomic E-state index is 13.0. The number of carbonyl (C=O) groups excluding carboxylic acids is 1. The molecule has 0 aliphatic rings.